The predicted octanol–water partition coefficient (Wildman–Crippen LogP) is 2.07. The number of methoxy groups -OCH3 is 2. The molecule has 1 amide bonds. The molecule has 1 unspecified atom stereocenters. The third kappa shape index (κ3) is 6.27. The second kappa shape index (κ2) is 10.1. The van der Waals surface area contributed by atoms with Gasteiger partial charge in [0.05, 0.1) is 14.2 Å². The van der Waals surface area contributed by atoms with Crippen LogP contribution in [0.25, 0.3) is 6.08 Å². The topological polar surface area (TPSA) is 90.7 Å². The molecular formula is C21H24N2O4. The summed E-state index contributed by atoms with van der Waals surface area (Å²) >= 11 is 0. The second-order valence-corrected chi connectivity index (χ2v) is 5.94. The molecule has 27 heavy (non-hydrogen) atoms. The number of fused-ring (bicyclic) bond motifs is 1. The standard InChI is InChI=1S/C11H13NO2.C10H11NO2/c1-14-11(13)10-6-8-4-2-3-5-9(8)7-12-10;1-13-9-5-2-8(3-6-9)4-7-10(11)12/h2-5,10,12H,6-7H2,1H3;2-7H,1H3,(H2,11,12). The van der Waals surface area contributed by atoms with Crippen molar-refractivity contribution < 1.29 is 19.1 Å². The van der Waals surface area contributed by atoms with Crippen molar-refractivity contribution in [2.75, 3.05) is 14.2 Å². The number of amides is 1. The molecule has 6 heteroatoms. The first-order valence-electron chi connectivity index (χ1n) is 8.53. The van der Waals surface area contributed by atoms with E-state index >= 15 is 0 Å². The van der Waals surface area contributed by atoms with Crippen LogP contribution in [0.4, 0.5) is 0 Å². The van der Waals surface area contributed by atoms with Crippen molar-refractivity contribution in [1.29, 1.82) is 0 Å². The van der Waals surface area contributed by atoms with Crippen molar-refractivity contribution in [3.63, 3.8) is 0 Å². The van der Waals surface area contributed by atoms with Crippen LogP contribution in [0.3, 0.4) is 0 Å². The Morgan fingerprint density at radius 2 is 1.74 bits per heavy atom. The number of hydrogen-bond donors (Lipinski definition) is 2. The fourth-order valence-electron chi connectivity index (χ4n) is 2.66. The van der Waals surface area contributed by atoms with E-state index in [0.717, 1.165) is 24.3 Å². The maximum Gasteiger partial charge on any atom is 0.323 e. The summed E-state index contributed by atoms with van der Waals surface area (Å²) in [5.74, 6) is 0.159. The molecule has 2 aromatic rings. The van der Waals surface area contributed by atoms with E-state index in [9.17, 15) is 9.59 Å². The van der Waals surface area contributed by atoms with Gasteiger partial charge in [0.2, 0.25) is 5.91 Å². The summed E-state index contributed by atoms with van der Waals surface area (Å²) in [6.45, 7) is 0.746. The number of carbonyl (C=O) groups excluding carboxylic acids is 2. The Hall–Kier alpha value is -3.12. The number of nitrogens with one attached hydrogen (secondary N) is 1. The predicted molar refractivity (Wildman–Crippen MR) is 104 cm³/mol. The van der Waals surface area contributed by atoms with Gasteiger partial charge in [0.25, 0.3) is 0 Å². The molecule has 0 fully saturated rings. The Kier molecular flexibility index (Phi) is 7.58. The van der Waals surface area contributed by atoms with Crippen LogP contribution in [0.15, 0.2) is 54.6 Å². The largest absolute Gasteiger partial charge is 0.497 e. The SMILES string of the molecule is COC(=O)C1Cc2ccccc2CN1.COc1ccc(C=CC(N)=O)cc1. The highest BCUT2D eigenvalue weighted by Gasteiger charge is 2.23. The van der Waals surface area contributed by atoms with E-state index in [0.29, 0.717) is 0 Å². The van der Waals surface area contributed by atoms with E-state index in [-0.39, 0.29) is 12.0 Å². The molecule has 1 aliphatic rings. The molecule has 0 saturated heterocycles. The number of primary amides is 1. The molecule has 3 N–H and O–H groups in total. The number of carbonyl (C=O) groups is 2. The van der Waals surface area contributed by atoms with E-state index in [2.05, 4.69) is 17.4 Å². The Bertz CT molecular complexity index is 800. The summed E-state index contributed by atoms with van der Waals surface area (Å²) in [4.78, 5) is 21.7. The lowest BCUT2D eigenvalue weighted by Crippen LogP contribution is -2.42. The van der Waals surface area contributed by atoms with Crippen LogP contribution in [0.1, 0.15) is 16.7 Å². The van der Waals surface area contributed by atoms with Gasteiger partial charge in [-0.25, -0.2) is 0 Å². The van der Waals surface area contributed by atoms with Crippen LogP contribution < -0.4 is 15.8 Å². The maximum atomic E-state index is 11.3. The molecule has 0 aromatic heterocycles. The molecule has 2 aromatic carbocycles. The van der Waals surface area contributed by atoms with Crippen LogP contribution in [-0.2, 0) is 27.3 Å². The molecule has 0 aliphatic carbocycles. The van der Waals surface area contributed by atoms with Gasteiger partial charge in [-0.3, -0.25) is 9.59 Å². The quantitative estimate of drug-likeness (QED) is 0.637. The van der Waals surface area contributed by atoms with Gasteiger partial charge in [-0.05, 0) is 41.3 Å². The van der Waals surface area contributed by atoms with Crippen molar-refractivity contribution in [2.24, 2.45) is 5.73 Å². The highest BCUT2D eigenvalue weighted by atomic mass is 16.5. The minimum Gasteiger partial charge on any atom is -0.497 e. The Morgan fingerprint density at radius 3 is 2.33 bits per heavy atom. The highest BCUT2D eigenvalue weighted by Crippen LogP contribution is 2.16. The van der Waals surface area contributed by atoms with E-state index in [1.807, 2.05) is 36.4 Å². The first kappa shape index (κ1) is 20.2. The summed E-state index contributed by atoms with van der Waals surface area (Å²) in [6.07, 6.45) is 3.70. The average molecular weight is 368 g/mol. The fraction of sp³-hybridized carbons (Fsp3) is 0.238. The van der Waals surface area contributed by atoms with Crippen LogP contribution in [0.2, 0.25) is 0 Å². The number of hydrogen-bond acceptors (Lipinski definition) is 5. The molecule has 3 rings (SSSR count). The van der Waals surface area contributed by atoms with E-state index in [1.54, 1.807) is 13.2 Å². The van der Waals surface area contributed by atoms with Crippen molar-refractivity contribution >= 4 is 18.0 Å². The van der Waals surface area contributed by atoms with Crippen molar-refractivity contribution in [3.05, 3.63) is 71.3 Å². The minimum absolute atomic E-state index is 0.181. The number of rotatable bonds is 4. The smallest absolute Gasteiger partial charge is 0.323 e. The van der Waals surface area contributed by atoms with Crippen LogP contribution in [0, 0.1) is 0 Å². The van der Waals surface area contributed by atoms with Crippen LogP contribution >= 0.6 is 0 Å². The zero-order valence-electron chi connectivity index (χ0n) is 15.5. The zero-order chi connectivity index (χ0) is 19.6. The minimum atomic E-state index is -0.448. The van der Waals surface area contributed by atoms with Gasteiger partial charge in [-0.1, -0.05) is 36.4 Å². The number of ether oxygens (including phenoxy) is 2. The van der Waals surface area contributed by atoms with Gasteiger partial charge in [-0.2, -0.15) is 0 Å². The molecular weight excluding hydrogens is 344 g/mol. The lowest BCUT2D eigenvalue weighted by Gasteiger charge is -2.23. The van der Waals surface area contributed by atoms with Crippen molar-refractivity contribution in [3.8, 4) is 5.75 Å². The molecule has 0 radical (unpaired) electrons. The van der Waals surface area contributed by atoms with Gasteiger partial charge < -0.3 is 20.5 Å². The molecule has 0 bridgehead atoms. The average Bonchev–Trinajstić information content (AvgIpc) is 2.72. The third-order valence-electron chi connectivity index (χ3n) is 4.12. The normalized spacial score (nSPS) is 15.3. The van der Waals surface area contributed by atoms with Gasteiger partial charge in [0, 0.05) is 12.6 Å². The van der Waals surface area contributed by atoms with E-state index in [1.165, 1.54) is 24.3 Å². The number of benzene rings is 2. The lowest BCUT2D eigenvalue weighted by molar-refractivity contribution is -0.143. The molecule has 1 atom stereocenters. The summed E-state index contributed by atoms with van der Waals surface area (Å²) < 4.78 is 9.68. The highest BCUT2D eigenvalue weighted by molar-refractivity contribution is 5.90. The van der Waals surface area contributed by atoms with E-state index in [4.69, 9.17) is 15.2 Å². The van der Waals surface area contributed by atoms with Gasteiger partial charge in [-0.15, -0.1) is 0 Å². The van der Waals surface area contributed by atoms with Crippen LogP contribution in [0.5, 0.6) is 5.75 Å². The molecule has 6 nitrogen and oxygen atoms in total. The number of nitrogens with two attached hydrogens (primary N) is 1. The summed E-state index contributed by atoms with van der Waals surface area (Å²) in [5, 5.41) is 3.15. The molecule has 142 valence electrons. The summed E-state index contributed by atoms with van der Waals surface area (Å²) in [6, 6.07) is 15.3. The van der Waals surface area contributed by atoms with Gasteiger partial charge in [0.1, 0.15) is 11.8 Å². The fourth-order valence-corrected chi connectivity index (χ4v) is 2.66. The molecule has 1 aliphatic heterocycles. The molecule has 0 spiro atoms. The van der Waals surface area contributed by atoms with Gasteiger partial charge >= 0.3 is 5.97 Å². The summed E-state index contributed by atoms with van der Waals surface area (Å²) in [7, 11) is 3.03. The zero-order valence-corrected chi connectivity index (χ0v) is 15.5. The summed E-state index contributed by atoms with van der Waals surface area (Å²) in [5.41, 5.74) is 8.37. The Labute approximate surface area is 159 Å². The monoisotopic (exact) mass is 368 g/mol. The lowest BCUT2D eigenvalue weighted by atomic mass is 9.96. The third-order valence-corrected chi connectivity index (χ3v) is 4.12. The molecule has 1 heterocycles. The Balaban J connectivity index is 0.000000194. The second-order valence-electron chi connectivity index (χ2n) is 5.94. The Morgan fingerprint density at radius 1 is 1.07 bits per heavy atom. The van der Waals surface area contributed by atoms with E-state index < -0.39 is 5.91 Å². The first-order chi connectivity index (χ1) is 13.0. The first-order valence-corrected chi connectivity index (χ1v) is 8.53. The van der Waals surface area contributed by atoms with Gasteiger partial charge in [0.15, 0.2) is 0 Å². The van der Waals surface area contributed by atoms with Crippen molar-refractivity contribution in [1.82, 2.24) is 5.32 Å². The maximum absolute atomic E-state index is 11.3. The molecule has 0 saturated carbocycles. The van der Waals surface area contributed by atoms with Crippen molar-refractivity contribution in [2.45, 2.75) is 19.0 Å². The van der Waals surface area contributed by atoms with Crippen LogP contribution in [-0.4, -0.2) is 32.1 Å². The number of esters is 1.